The lowest BCUT2D eigenvalue weighted by atomic mass is 9.77. The molecule has 30 heavy (non-hydrogen) atoms. The predicted octanol–water partition coefficient (Wildman–Crippen LogP) is 3.09. The van der Waals surface area contributed by atoms with Gasteiger partial charge in [-0.2, -0.15) is 0 Å². The molecule has 5 heteroatoms. The summed E-state index contributed by atoms with van der Waals surface area (Å²) in [6.07, 6.45) is 10.5. The van der Waals surface area contributed by atoms with Gasteiger partial charge in [0.25, 0.3) is 5.91 Å². The maximum Gasteiger partial charge on any atom is 0.252 e. The van der Waals surface area contributed by atoms with Crippen LogP contribution >= 0.6 is 0 Å². The Kier molecular flexibility index (Phi) is 3.84. The zero-order valence-electron chi connectivity index (χ0n) is 16.9. The van der Waals surface area contributed by atoms with Crippen molar-refractivity contribution in [2.75, 3.05) is 25.2 Å². The summed E-state index contributed by atoms with van der Waals surface area (Å²) in [4.78, 5) is 15.4. The number of aliphatic hydroxyl groups is 1. The molecule has 0 radical (unpaired) electrons. The molecule has 2 aromatic carbocycles. The highest BCUT2D eigenvalue weighted by Crippen LogP contribution is 2.54. The van der Waals surface area contributed by atoms with Crippen molar-refractivity contribution in [2.24, 2.45) is 0 Å². The first-order chi connectivity index (χ1) is 14.7. The molecule has 5 nitrogen and oxygen atoms in total. The molecular formula is C25H24N2O3. The molecule has 1 amide bonds. The van der Waals surface area contributed by atoms with Crippen LogP contribution in [0.25, 0.3) is 11.1 Å². The van der Waals surface area contributed by atoms with Crippen LogP contribution < -0.4 is 15.0 Å². The van der Waals surface area contributed by atoms with E-state index in [-0.39, 0.29) is 24.5 Å². The summed E-state index contributed by atoms with van der Waals surface area (Å²) < 4.78 is 5.44. The van der Waals surface area contributed by atoms with Crippen molar-refractivity contribution in [1.29, 1.82) is 0 Å². The van der Waals surface area contributed by atoms with E-state index in [0.29, 0.717) is 13.1 Å². The standard InChI is InChI=1S/C25H24N2O3/c1-30-15-7-9-16-14(12-15)6-8-18-21(16)23-19(13-26-25(23)29)22-17-4-2-3-5-20(17)27(10-11-28)24(18)22/h2-5,7,9,12,17,20,28H,6,8,10-11,13H2,1H3,(H,26,29). The molecule has 2 aliphatic carbocycles. The first kappa shape index (κ1) is 17.8. The van der Waals surface area contributed by atoms with Crippen LogP contribution in [0.15, 0.2) is 42.5 Å². The molecule has 0 saturated heterocycles. The predicted molar refractivity (Wildman–Crippen MR) is 116 cm³/mol. The molecule has 2 unspecified atom stereocenters. The molecule has 0 saturated carbocycles. The van der Waals surface area contributed by atoms with Gasteiger partial charge in [-0.3, -0.25) is 4.79 Å². The number of allylic oxidation sites excluding steroid dienone is 2. The van der Waals surface area contributed by atoms with E-state index in [0.717, 1.165) is 40.8 Å². The van der Waals surface area contributed by atoms with Crippen LogP contribution in [0, 0.1) is 0 Å². The molecule has 2 aromatic rings. The van der Waals surface area contributed by atoms with Crippen LogP contribution in [0.1, 0.15) is 38.5 Å². The van der Waals surface area contributed by atoms with Crippen molar-refractivity contribution in [3.8, 4) is 16.9 Å². The van der Waals surface area contributed by atoms with Crippen molar-refractivity contribution in [1.82, 2.24) is 5.32 Å². The number of carbonyl (C=O) groups excluding carboxylic acids is 1. The average molecular weight is 400 g/mol. The first-order valence-electron chi connectivity index (χ1n) is 10.6. The second kappa shape index (κ2) is 6.47. The van der Waals surface area contributed by atoms with Crippen LogP contribution in [0.2, 0.25) is 0 Å². The number of rotatable bonds is 3. The summed E-state index contributed by atoms with van der Waals surface area (Å²) in [5.74, 6) is 1.10. The van der Waals surface area contributed by atoms with Crippen LogP contribution in [0.3, 0.4) is 0 Å². The number of hydrogen-bond acceptors (Lipinski definition) is 4. The molecule has 2 heterocycles. The van der Waals surface area contributed by atoms with E-state index in [4.69, 9.17) is 4.74 Å². The second-order valence-electron chi connectivity index (χ2n) is 8.38. The number of aryl methyl sites for hydroxylation is 1. The van der Waals surface area contributed by atoms with Crippen LogP contribution in [0.5, 0.6) is 5.75 Å². The van der Waals surface area contributed by atoms with Gasteiger partial charge in [-0.15, -0.1) is 0 Å². The van der Waals surface area contributed by atoms with Gasteiger partial charge in [0, 0.05) is 30.3 Å². The average Bonchev–Trinajstić information content (AvgIpc) is 3.32. The lowest BCUT2D eigenvalue weighted by molar-refractivity contribution is 0.0966. The largest absolute Gasteiger partial charge is 0.497 e. The van der Waals surface area contributed by atoms with E-state index in [2.05, 4.69) is 46.7 Å². The van der Waals surface area contributed by atoms with Crippen molar-refractivity contribution in [3.63, 3.8) is 0 Å². The van der Waals surface area contributed by atoms with Crippen molar-refractivity contribution in [2.45, 2.75) is 31.3 Å². The van der Waals surface area contributed by atoms with Gasteiger partial charge in [-0.05, 0) is 52.8 Å². The molecule has 0 spiro atoms. The molecule has 2 N–H and O–H groups in total. The van der Waals surface area contributed by atoms with Crippen molar-refractivity contribution >= 4 is 11.6 Å². The van der Waals surface area contributed by atoms with Gasteiger partial charge >= 0.3 is 0 Å². The molecule has 2 atom stereocenters. The van der Waals surface area contributed by atoms with Crippen LogP contribution in [-0.2, 0) is 19.4 Å². The van der Waals surface area contributed by atoms with Crippen LogP contribution in [-0.4, -0.2) is 37.3 Å². The number of hydrogen-bond donors (Lipinski definition) is 2. The van der Waals surface area contributed by atoms with E-state index in [1.165, 1.54) is 22.4 Å². The lowest BCUT2D eigenvalue weighted by Crippen LogP contribution is -2.35. The monoisotopic (exact) mass is 400 g/mol. The number of anilines is 1. The number of β-amino-alcohol motifs (C(OH)–C–C–N with tert-alkyl or cyclic N) is 1. The number of nitrogens with one attached hydrogen (secondary N) is 1. The Labute approximate surface area is 175 Å². The maximum atomic E-state index is 13.0. The smallest absolute Gasteiger partial charge is 0.252 e. The second-order valence-corrected chi connectivity index (χ2v) is 8.38. The Bertz CT molecular complexity index is 1150. The Balaban J connectivity index is 1.68. The Morgan fingerprint density at radius 2 is 2.03 bits per heavy atom. The molecular weight excluding hydrogens is 376 g/mol. The molecule has 6 rings (SSSR count). The fourth-order valence-electron chi connectivity index (χ4n) is 5.86. The topological polar surface area (TPSA) is 61.8 Å². The van der Waals surface area contributed by atoms with Crippen molar-refractivity contribution < 1.29 is 14.6 Å². The SMILES string of the molecule is COc1ccc2c(c1)CCc1c-2c2c(c3c1N(CCO)C1C=CC=CC31)CNC2=O. The van der Waals surface area contributed by atoms with Gasteiger partial charge in [0.2, 0.25) is 0 Å². The number of aliphatic hydroxyl groups excluding tert-OH is 1. The van der Waals surface area contributed by atoms with E-state index in [9.17, 15) is 9.90 Å². The molecule has 0 bridgehead atoms. The van der Waals surface area contributed by atoms with E-state index < -0.39 is 0 Å². The summed E-state index contributed by atoms with van der Waals surface area (Å²) in [6.45, 7) is 1.27. The van der Waals surface area contributed by atoms with Gasteiger partial charge in [-0.25, -0.2) is 0 Å². The highest BCUT2D eigenvalue weighted by Gasteiger charge is 2.44. The quantitative estimate of drug-likeness (QED) is 0.831. The third-order valence-electron chi connectivity index (χ3n) is 7.03. The Morgan fingerprint density at radius 3 is 2.87 bits per heavy atom. The number of benzene rings is 2. The highest BCUT2D eigenvalue weighted by molar-refractivity contribution is 6.08. The number of methoxy groups -OCH3 is 1. The van der Waals surface area contributed by atoms with Gasteiger partial charge in [0.05, 0.1) is 25.3 Å². The zero-order chi connectivity index (χ0) is 20.4. The third-order valence-corrected chi connectivity index (χ3v) is 7.03. The number of nitrogens with zero attached hydrogens (tertiary/aromatic N) is 1. The van der Waals surface area contributed by atoms with Crippen molar-refractivity contribution in [3.05, 3.63) is 70.3 Å². The minimum absolute atomic E-state index is 0.0280. The minimum atomic E-state index is 0.0280. The number of ether oxygens (including phenoxy) is 1. The summed E-state index contributed by atoms with van der Waals surface area (Å²) in [7, 11) is 1.69. The fourth-order valence-corrected chi connectivity index (χ4v) is 5.86. The van der Waals surface area contributed by atoms with Gasteiger partial charge in [0.15, 0.2) is 0 Å². The molecule has 152 valence electrons. The number of fused-ring (bicyclic) bond motifs is 10. The van der Waals surface area contributed by atoms with Gasteiger partial charge < -0.3 is 20.1 Å². The zero-order valence-corrected chi connectivity index (χ0v) is 16.9. The molecule has 2 aliphatic heterocycles. The summed E-state index contributed by atoms with van der Waals surface area (Å²) in [6, 6.07) is 6.38. The van der Waals surface area contributed by atoms with E-state index in [1.807, 2.05) is 6.07 Å². The van der Waals surface area contributed by atoms with Gasteiger partial charge in [0.1, 0.15) is 5.75 Å². The first-order valence-corrected chi connectivity index (χ1v) is 10.6. The Morgan fingerprint density at radius 1 is 1.17 bits per heavy atom. The molecule has 4 aliphatic rings. The van der Waals surface area contributed by atoms with E-state index >= 15 is 0 Å². The number of carbonyl (C=O) groups is 1. The minimum Gasteiger partial charge on any atom is -0.497 e. The molecule has 0 aromatic heterocycles. The third kappa shape index (κ3) is 2.24. The normalized spacial score (nSPS) is 22.2. The molecule has 0 fully saturated rings. The van der Waals surface area contributed by atoms with Gasteiger partial charge in [-0.1, -0.05) is 30.4 Å². The maximum absolute atomic E-state index is 13.0. The Hall–Kier alpha value is -3.05. The summed E-state index contributed by atoms with van der Waals surface area (Å²) >= 11 is 0. The fraction of sp³-hybridized carbons (Fsp3) is 0.320. The number of amides is 1. The summed E-state index contributed by atoms with van der Waals surface area (Å²) in [5.41, 5.74) is 9.20. The van der Waals surface area contributed by atoms with Crippen LogP contribution in [0.4, 0.5) is 5.69 Å². The lowest BCUT2D eigenvalue weighted by Gasteiger charge is -2.31. The summed E-state index contributed by atoms with van der Waals surface area (Å²) in [5, 5.41) is 12.9. The van der Waals surface area contributed by atoms with E-state index in [1.54, 1.807) is 7.11 Å². The highest BCUT2D eigenvalue weighted by atomic mass is 16.5.